The van der Waals surface area contributed by atoms with E-state index in [-0.39, 0.29) is 12.1 Å². The third kappa shape index (κ3) is 4.51. The summed E-state index contributed by atoms with van der Waals surface area (Å²) in [6.07, 6.45) is 6.88. The van der Waals surface area contributed by atoms with Crippen LogP contribution in [0.15, 0.2) is 71.0 Å². The van der Waals surface area contributed by atoms with E-state index in [1.807, 2.05) is 60.1 Å². The summed E-state index contributed by atoms with van der Waals surface area (Å²) in [7, 11) is 0. The molecule has 0 saturated heterocycles. The predicted octanol–water partition coefficient (Wildman–Crippen LogP) is 3.65. The van der Waals surface area contributed by atoms with Gasteiger partial charge in [0.25, 0.3) is 0 Å². The van der Waals surface area contributed by atoms with E-state index in [0.29, 0.717) is 0 Å². The van der Waals surface area contributed by atoms with Gasteiger partial charge in [0.05, 0.1) is 11.7 Å². The summed E-state index contributed by atoms with van der Waals surface area (Å²) in [5, 5.41) is 10.3. The average Bonchev–Trinajstić information content (AvgIpc) is 3.21. The lowest BCUT2D eigenvalue weighted by molar-refractivity contribution is 0.251. The zero-order chi connectivity index (χ0) is 18.5. The van der Waals surface area contributed by atoms with Crippen LogP contribution in [0, 0.1) is 0 Å². The van der Waals surface area contributed by atoms with E-state index in [0.717, 1.165) is 27.9 Å². The van der Waals surface area contributed by atoms with Gasteiger partial charge in [0.15, 0.2) is 0 Å². The highest BCUT2D eigenvalue weighted by molar-refractivity contribution is 7.11. The molecule has 0 spiro atoms. The van der Waals surface area contributed by atoms with Gasteiger partial charge in [0.2, 0.25) is 0 Å². The van der Waals surface area contributed by atoms with Crippen molar-refractivity contribution in [3.8, 4) is 0 Å². The molecular formula is C22H19N3OS. The van der Waals surface area contributed by atoms with Crippen LogP contribution in [-0.2, 0) is 0 Å². The Morgan fingerprint density at radius 1 is 1.04 bits per heavy atom. The summed E-state index contributed by atoms with van der Waals surface area (Å²) in [4.78, 5) is 17.8. The molecule has 5 heteroatoms. The maximum atomic E-state index is 12.3. The van der Waals surface area contributed by atoms with Crippen LogP contribution in [0.3, 0.4) is 0 Å². The van der Waals surface area contributed by atoms with Gasteiger partial charge in [-0.25, -0.2) is 4.79 Å². The third-order valence-electron chi connectivity index (χ3n) is 4.29. The first-order valence-corrected chi connectivity index (χ1v) is 9.66. The first-order valence-electron chi connectivity index (χ1n) is 8.78. The number of carbonyl (C=O) groups is 1. The second kappa shape index (κ2) is 8.01. The number of urea groups is 1. The Bertz CT molecular complexity index is 1070. The molecule has 0 aliphatic heterocycles. The minimum absolute atomic E-state index is 0.00503. The molecule has 4 rings (SSSR count). The second-order valence-electron chi connectivity index (χ2n) is 6.26. The van der Waals surface area contributed by atoms with Gasteiger partial charge >= 0.3 is 6.03 Å². The molecule has 1 aromatic heterocycles. The molecule has 27 heavy (non-hydrogen) atoms. The summed E-state index contributed by atoms with van der Waals surface area (Å²) < 4.78 is 0. The number of anilines is 1. The van der Waals surface area contributed by atoms with Gasteiger partial charge in [0.1, 0.15) is 0 Å². The lowest BCUT2D eigenvalue weighted by Gasteiger charge is -2.16. The number of carbonyl (C=O) groups excluding carboxylic acids is 1. The molecule has 134 valence electrons. The van der Waals surface area contributed by atoms with Gasteiger partial charge in [-0.05, 0) is 52.6 Å². The number of rotatable bonds is 4. The predicted molar refractivity (Wildman–Crippen MR) is 113 cm³/mol. The second-order valence-corrected chi connectivity index (χ2v) is 7.24. The SMILES string of the molecule is O=C(Nc1ccc(N=Cc2cccs2)cc1)NC1C=c2ccccc2=CC1. The number of nitrogens with one attached hydrogen (secondary N) is 2. The van der Waals surface area contributed by atoms with Crippen molar-refractivity contribution in [1.29, 1.82) is 0 Å². The summed E-state index contributed by atoms with van der Waals surface area (Å²) in [5.74, 6) is 0. The van der Waals surface area contributed by atoms with Gasteiger partial charge in [-0.3, -0.25) is 4.99 Å². The quantitative estimate of drug-likeness (QED) is 0.674. The Hall–Kier alpha value is -3.18. The smallest absolute Gasteiger partial charge is 0.319 e. The molecule has 0 fully saturated rings. The van der Waals surface area contributed by atoms with Crippen LogP contribution in [0.2, 0.25) is 0 Å². The lowest BCUT2D eigenvalue weighted by atomic mass is 10.0. The van der Waals surface area contributed by atoms with E-state index in [2.05, 4.69) is 39.9 Å². The Morgan fingerprint density at radius 3 is 2.63 bits per heavy atom. The summed E-state index contributed by atoms with van der Waals surface area (Å²) in [6.45, 7) is 0. The van der Waals surface area contributed by atoms with Crippen LogP contribution in [-0.4, -0.2) is 18.3 Å². The molecule has 1 aliphatic carbocycles. The average molecular weight is 373 g/mol. The van der Waals surface area contributed by atoms with Crippen molar-refractivity contribution >= 4 is 47.1 Å². The number of benzene rings is 2. The Morgan fingerprint density at radius 2 is 1.85 bits per heavy atom. The number of nitrogens with zero attached hydrogens (tertiary/aromatic N) is 1. The maximum absolute atomic E-state index is 12.3. The van der Waals surface area contributed by atoms with Crippen molar-refractivity contribution in [3.05, 3.63) is 81.4 Å². The molecule has 3 aromatic rings. The van der Waals surface area contributed by atoms with Gasteiger partial charge in [-0.1, -0.05) is 42.5 Å². The molecule has 1 unspecified atom stereocenters. The van der Waals surface area contributed by atoms with Crippen LogP contribution in [0.4, 0.5) is 16.2 Å². The fourth-order valence-corrected chi connectivity index (χ4v) is 3.54. The van der Waals surface area contributed by atoms with Crippen molar-refractivity contribution in [2.45, 2.75) is 12.5 Å². The van der Waals surface area contributed by atoms with Crippen molar-refractivity contribution in [1.82, 2.24) is 5.32 Å². The van der Waals surface area contributed by atoms with E-state index >= 15 is 0 Å². The lowest BCUT2D eigenvalue weighted by Crippen LogP contribution is -2.41. The van der Waals surface area contributed by atoms with Crippen molar-refractivity contribution in [2.24, 2.45) is 4.99 Å². The van der Waals surface area contributed by atoms with E-state index in [1.54, 1.807) is 11.3 Å². The number of hydrogen-bond acceptors (Lipinski definition) is 3. The molecule has 0 saturated carbocycles. The van der Waals surface area contributed by atoms with E-state index < -0.39 is 0 Å². The zero-order valence-corrected chi connectivity index (χ0v) is 15.4. The third-order valence-corrected chi connectivity index (χ3v) is 5.10. The van der Waals surface area contributed by atoms with Crippen LogP contribution in [0.5, 0.6) is 0 Å². The van der Waals surface area contributed by atoms with Crippen LogP contribution >= 0.6 is 11.3 Å². The summed E-state index contributed by atoms with van der Waals surface area (Å²) in [6, 6.07) is 19.5. The normalized spacial score (nSPS) is 15.5. The molecule has 0 bridgehead atoms. The van der Waals surface area contributed by atoms with Crippen molar-refractivity contribution in [3.63, 3.8) is 0 Å². The Labute approximate surface area is 161 Å². The zero-order valence-electron chi connectivity index (χ0n) is 14.6. The van der Waals surface area contributed by atoms with Crippen LogP contribution in [0.1, 0.15) is 11.3 Å². The highest BCUT2D eigenvalue weighted by atomic mass is 32.1. The van der Waals surface area contributed by atoms with Gasteiger partial charge in [-0.2, -0.15) is 0 Å². The molecule has 1 aliphatic rings. The molecule has 2 N–H and O–H groups in total. The van der Waals surface area contributed by atoms with Crippen molar-refractivity contribution < 1.29 is 4.79 Å². The fourth-order valence-electron chi connectivity index (χ4n) is 2.96. The monoisotopic (exact) mass is 373 g/mol. The maximum Gasteiger partial charge on any atom is 0.319 e. The summed E-state index contributed by atoms with van der Waals surface area (Å²) >= 11 is 1.65. The van der Waals surface area contributed by atoms with E-state index in [9.17, 15) is 4.79 Å². The van der Waals surface area contributed by atoms with Crippen LogP contribution in [0.25, 0.3) is 12.2 Å². The standard InChI is InChI=1S/C22H19N3OS/c26-22(25-20-8-7-16-4-1-2-5-17(16)14-20)24-19-11-9-18(10-12-19)23-15-21-6-3-13-27-21/h1-7,9-15,20H,8H2,(H2,24,25,26). The number of fused-ring (bicyclic) bond motifs is 1. The molecule has 0 radical (unpaired) electrons. The molecular weight excluding hydrogens is 354 g/mol. The van der Waals surface area contributed by atoms with Crippen LogP contribution < -0.4 is 21.1 Å². The number of hydrogen-bond donors (Lipinski definition) is 2. The van der Waals surface area contributed by atoms with Gasteiger partial charge in [0, 0.05) is 16.8 Å². The Balaban J connectivity index is 1.35. The number of thiophene rings is 1. The minimum Gasteiger partial charge on any atom is -0.331 e. The fraction of sp³-hybridized carbons (Fsp3) is 0.0909. The minimum atomic E-state index is -0.209. The van der Waals surface area contributed by atoms with E-state index in [1.165, 1.54) is 5.22 Å². The highest BCUT2D eigenvalue weighted by Gasteiger charge is 2.11. The molecule has 4 nitrogen and oxygen atoms in total. The Kier molecular flexibility index (Phi) is 5.12. The van der Waals surface area contributed by atoms with Crippen molar-refractivity contribution in [2.75, 3.05) is 5.32 Å². The van der Waals surface area contributed by atoms with Gasteiger partial charge < -0.3 is 10.6 Å². The number of amides is 2. The first-order chi connectivity index (χ1) is 13.3. The van der Waals surface area contributed by atoms with E-state index in [4.69, 9.17) is 0 Å². The number of aliphatic imine (C=N–C) groups is 1. The topological polar surface area (TPSA) is 53.5 Å². The molecule has 1 heterocycles. The molecule has 1 atom stereocenters. The van der Waals surface area contributed by atoms with Gasteiger partial charge in [-0.15, -0.1) is 11.3 Å². The first kappa shape index (κ1) is 17.2. The molecule has 2 aromatic carbocycles. The largest absolute Gasteiger partial charge is 0.331 e. The molecule has 2 amide bonds. The summed E-state index contributed by atoms with van der Waals surface area (Å²) in [5.41, 5.74) is 1.59. The highest BCUT2D eigenvalue weighted by Crippen LogP contribution is 2.17.